The highest BCUT2D eigenvalue weighted by molar-refractivity contribution is 5.03. The van der Waals surface area contributed by atoms with Gasteiger partial charge in [-0.1, -0.05) is 41.0 Å². The van der Waals surface area contributed by atoms with Crippen LogP contribution in [-0.4, -0.2) is 5.92 Å². The maximum Gasteiger partial charge on any atom is 0.248 e. The van der Waals surface area contributed by atoms with Gasteiger partial charge in [0.1, 0.15) is 0 Å². The molecule has 2 heteroatoms. The van der Waals surface area contributed by atoms with Gasteiger partial charge in [-0.2, -0.15) is 0 Å². The Labute approximate surface area is 149 Å². The minimum absolute atomic E-state index is 0.166. The summed E-state index contributed by atoms with van der Waals surface area (Å²) in [6.07, 6.45) is 10.5. The van der Waals surface area contributed by atoms with Crippen LogP contribution in [0.5, 0.6) is 0 Å². The first-order chi connectivity index (χ1) is 11.5. The predicted octanol–water partition coefficient (Wildman–Crippen LogP) is 7.72. The Morgan fingerprint density at radius 2 is 1.38 bits per heavy atom. The fourth-order valence-corrected chi connectivity index (χ4v) is 6.79. The molecule has 4 aliphatic rings. The average molecular weight is 343 g/mol. The van der Waals surface area contributed by atoms with Crippen LogP contribution in [0.2, 0.25) is 0 Å². The summed E-state index contributed by atoms with van der Waals surface area (Å²) in [5, 5.41) is 0. The van der Waals surface area contributed by atoms with E-state index in [2.05, 4.69) is 6.92 Å². The standard InChI is InChI=1S/C18H28F2.2C2H6/c1-17-8-2-3-16(17)15-5-4-12-11-18(19,20)10-7-13(12)14(15)6-9-17;2*1-2/h12-16H,2-11H2,1H3;2*1-2H3/t12?,13?,14?,15?,16-,17?;;/m0../s1. The van der Waals surface area contributed by atoms with Crippen molar-refractivity contribution in [3.8, 4) is 0 Å². The summed E-state index contributed by atoms with van der Waals surface area (Å²) in [5.41, 5.74) is 0.604. The van der Waals surface area contributed by atoms with Crippen molar-refractivity contribution in [3.05, 3.63) is 0 Å². The second kappa shape index (κ2) is 8.04. The van der Waals surface area contributed by atoms with Crippen molar-refractivity contribution in [1.29, 1.82) is 0 Å². The monoisotopic (exact) mass is 342 g/mol. The van der Waals surface area contributed by atoms with Gasteiger partial charge in [0.15, 0.2) is 0 Å². The number of alkyl halides is 2. The third kappa shape index (κ3) is 3.68. The minimum atomic E-state index is -2.36. The highest BCUT2D eigenvalue weighted by Gasteiger charge is 2.55. The lowest BCUT2D eigenvalue weighted by atomic mass is 9.50. The minimum Gasteiger partial charge on any atom is -0.207 e. The number of hydrogen-bond donors (Lipinski definition) is 0. The van der Waals surface area contributed by atoms with Gasteiger partial charge in [0.05, 0.1) is 0 Å². The lowest BCUT2D eigenvalue weighted by Gasteiger charge is -2.55. The van der Waals surface area contributed by atoms with Gasteiger partial charge in [0.25, 0.3) is 0 Å². The van der Waals surface area contributed by atoms with Crippen molar-refractivity contribution < 1.29 is 8.78 Å². The molecule has 5 unspecified atom stereocenters. The normalized spacial score (nSPS) is 45.4. The van der Waals surface area contributed by atoms with Crippen LogP contribution in [0.3, 0.4) is 0 Å². The van der Waals surface area contributed by atoms with Crippen molar-refractivity contribution in [2.75, 3.05) is 0 Å². The first-order valence-corrected chi connectivity index (χ1v) is 10.9. The molecule has 0 spiro atoms. The van der Waals surface area contributed by atoms with E-state index >= 15 is 0 Å². The topological polar surface area (TPSA) is 0 Å². The highest BCUT2D eigenvalue weighted by atomic mass is 19.3. The van der Waals surface area contributed by atoms with Gasteiger partial charge in [-0.05, 0) is 80.0 Å². The number of hydrogen-bond acceptors (Lipinski definition) is 0. The molecule has 4 fully saturated rings. The lowest BCUT2D eigenvalue weighted by molar-refractivity contribution is -0.118. The van der Waals surface area contributed by atoms with E-state index in [4.69, 9.17) is 0 Å². The van der Waals surface area contributed by atoms with E-state index in [1.807, 2.05) is 27.7 Å². The molecule has 6 atom stereocenters. The first-order valence-electron chi connectivity index (χ1n) is 10.9. The smallest absolute Gasteiger partial charge is 0.207 e. The Balaban J connectivity index is 0.000000487. The zero-order valence-corrected chi connectivity index (χ0v) is 16.7. The second-order valence-electron chi connectivity index (χ2n) is 8.62. The number of fused-ring (bicyclic) bond motifs is 5. The molecule has 4 aliphatic carbocycles. The molecule has 4 rings (SSSR count). The van der Waals surface area contributed by atoms with E-state index in [1.165, 1.54) is 38.5 Å². The van der Waals surface area contributed by atoms with Crippen LogP contribution in [0.1, 0.15) is 98.8 Å². The summed E-state index contributed by atoms with van der Waals surface area (Å²) in [7, 11) is 0. The summed E-state index contributed by atoms with van der Waals surface area (Å²) in [6.45, 7) is 10.5. The van der Waals surface area contributed by atoms with Crippen molar-refractivity contribution in [2.45, 2.75) is 105 Å². The van der Waals surface area contributed by atoms with E-state index in [9.17, 15) is 8.78 Å². The molecule has 0 aromatic rings. The summed E-state index contributed by atoms with van der Waals surface area (Å²) >= 11 is 0. The van der Waals surface area contributed by atoms with Gasteiger partial charge in [0, 0.05) is 12.8 Å². The Morgan fingerprint density at radius 3 is 2.08 bits per heavy atom. The fourth-order valence-electron chi connectivity index (χ4n) is 6.79. The summed E-state index contributed by atoms with van der Waals surface area (Å²) in [6, 6.07) is 0. The molecule has 142 valence electrons. The molecule has 0 aliphatic heterocycles. The lowest BCUT2D eigenvalue weighted by Crippen LogP contribution is -2.48. The molecule has 0 nitrogen and oxygen atoms in total. The van der Waals surface area contributed by atoms with Crippen LogP contribution in [-0.2, 0) is 0 Å². The number of rotatable bonds is 0. The first kappa shape index (κ1) is 20.2. The Hall–Kier alpha value is -0.140. The van der Waals surface area contributed by atoms with Gasteiger partial charge in [0.2, 0.25) is 5.92 Å². The maximum atomic E-state index is 13.7. The molecule has 0 N–H and O–H groups in total. The molecule has 0 heterocycles. The van der Waals surface area contributed by atoms with Crippen molar-refractivity contribution in [3.63, 3.8) is 0 Å². The van der Waals surface area contributed by atoms with Crippen LogP contribution in [0.25, 0.3) is 0 Å². The summed E-state index contributed by atoms with van der Waals surface area (Å²) < 4.78 is 27.4. The molecule has 0 bridgehead atoms. The maximum absolute atomic E-state index is 13.7. The Morgan fingerprint density at radius 1 is 0.708 bits per heavy atom. The highest BCUT2D eigenvalue weighted by Crippen LogP contribution is 2.63. The molecular formula is C22H40F2. The molecule has 24 heavy (non-hydrogen) atoms. The molecule has 0 saturated heterocycles. The van der Waals surface area contributed by atoms with Gasteiger partial charge >= 0.3 is 0 Å². The van der Waals surface area contributed by atoms with Crippen molar-refractivity contribution in [1.82, 2.24) is 0 Å². The van der Waals surface area contributed by atoms with Crippen molar-refractivity contribution in [2.24, 2.45) is 35.0 Å². The molecule has 0 radical (unpaired) electrons. The largest absolute Gasteiger partial charge is 0.248 e. The van der Waals surface area contributed by atoms with Crippen molar-refractivity contribution >= 4 is 0 Å². The molecule has 0 aromatic heterocycles. The molecular weight excluding hydrogens is 302 g/mol. The van der Waals surface area contributed by atoms with E-state index < -0.39 is 5.92 Å². The van der Waals surface area contributed by atoms with E-state index in [0.29, 0.717) is 17.3 Å². The van der Waals surface area contributed by atoms with Crippen LogP contribution in [0.4, 0.5) is 8.78 Å². The van der Waals surface area contributed by atoms with Gasteiger partial charge < -0.3 is 0 Å². The molecule has 4 saturated carbocycles. The third-order valence-electron chi connectivity index (χ3n) is 7.70. The van der Waals surface area contributed by atoms with E-state index in [-0.39, 0.29) is 12.8 Å². The van der Waals surface area contributed by atoms with Crippen LogP contribution < -0.4 is 0 Å². The van der Waals surface area contributed by atoms with Crippen LogP contribution in [0.15, 0.2) is 0 Å². The second-order valence-corrected chi connectivity index (χ2v) is 8.62. The Bertz CT molecular complexity index is 391. The van der Waals surface area contributed by atoms with Gasteiger partial charge in [-0.3, -0.25) is 0 Å². The summed E-state index contributed by atoms with van der Waals surface area (Å²) in [4.78, 5) is 0. The average Bonchev–Trinajstić information content (AvgIpc) is 2.99. The molecule has 0 amide bonds. The zero-order chi connectivity index (χ0) is 18.0. The Kier molecular flexibility index (Phi) is 6.76. The third-order valence-corrected chi connectivity index (χ3v) is 7.70. The molecule has 0 aromatic carbocycles. The fraction of sp³-hybridized carbons (Fsp3) is 1.00. The predicted molar refractivity (Wildman–Crippen MR) is 99.4 cm³/mol. The zero-order valence-electron chi connectivity index (χ0n) is 16.7. The van der Waals surface area contributed by atoms with E-state index in [1.54, 1.807) is 0 Å². The SMILES string of the molecule is CC.CC.CC12CCC[C@H]1C1CCC3CC(F)(F)CCC3C1CC2. The number of halogens is 2. The quantitative estimate of drug-likeness (QED) is 0.423. The van der Waals surface area contributed by atoms with Gasteiger partial charge in [-0.25, -0.2) is 8.78 Å². The van der Waals surface area contributed by atoms with Crippen LogP contribution in [0, 0.1) is 35.0 Å². The van der Waals surface area contributed by atoms with E-state index in [0.717, 1.165) is 30.6 Å². The summed E-state index contributed by atoms with van der Waals surface area (Å²) in [5.74, 6) is 1.21. The van der Waals surface area contributed by atoms with Gasteiger partial charge in [-0.15, -0.1) is 0 Å². The van der Waals surface area contributed by atoms with Crippen LogP contribution >= 0.6 is 0 Å².